The van der Waals surface area contributed by atoms with Gasteiger partial charge >= 0.3 is 0 Å². The van der Waals surface area contributed by atoms with Gasteiger partial charge in [0.15, 0.2) is 28.8 Å². The molecule has 0 spiro atoms. The lowest BCUT2D eigenvalue weighted by atomic mass is 9.89. The maximum Gasteiger partial charge on any atom is 0.260 e. The lowest BCUT2D eigenvalue weighted by Gasteiger charge is -2.24. The molecular formula is C61H65N7O12. The number of methoxy groups -OCH3 is 3. The van der Waals surface area contributed by atoms with E-state index in [1.807, 2.05) is 42.6 Å². The Morgan fingerprint density at radius 1 is 0.675 bits per heavy atom. The average molecular weight is 1090 g/mol. The van der Waals surface area contributed by atoms with E-state index >= 15 is 0 Å². The Balaban J connectivity index is 0.754. The molecule has 4 aliphatic heterocycles. The number of nitrogens with zero attached hydrogens (tertiary/aromatic N) is 4. The molecule has 1 unspecified atom stereocenters. The van der Waals surface area contributed by atoms with E-state index in [0.29, 0.717) is 89.7 Å². The van der Waals surface area contributed by atoms with Gasteiger partial charge < -0.3 is 44.5 Å². The number of amides is 6. The highest BCUT2D eigenvalue weighted by atomic mass is 16.5. The highest BCUT2D eigenvalue weighted by molar-refractivity contribution is 6.13. The van der Waals surface area contributed by atoms with Crippen molar-refractivity contribution < 1.29 is 57.2 Å². The SMILES string of the molecule is COc1ccc(C2=CC3C(=O)c4cc(OC)c(OCCCOc5cc6c(cc5OC)C(=O)N5C=C(c7cccc(NC(=O)[C@H](C)NC(=O)[C@@H](NC(=O)CCCCCN8C(=O)C=CC8=O)C(C)C)c7)C[C@H]5C=N6)cc4N=C[C@@H]3C2)cc1. The number of hydrogen-bond acceptors (Lipinski definition) is 14. The van der Waals surface area contributed by atoms with Crippen molar-refractivity contribution in [2.75, 3.05) is 46.4 Å². The highest BCUT2D eigenvalue weighted by Crippen LogP contribution is 2.45. The molecule has 19 nitrogen and oxygen atoms in total. The van der Waals surface area contributed by atoms with Gasteiger partial charge in [-0.25, -0.2) is 0 Å². The van der Waals surface area contributed by atoms with Gasteiger partial charge in [0.05, 0.1) is 57.5 Å². The van der Waals surface area contributed by atoms with Gasteiger partial charge in [0.1, 0.15) is 17.8 Å². The Morgan fingerprint density at radius 2 is 1.35 bits per heavy atom. The molecule has 9 rings (SSSR count). The number of rotatable bonds is 23. The molecule has 0 aromatic heterocycles. The van der Waals surface area contributed by atoms with Gasteiger partial charge in [-0.15, -0.1) is 0 Å². The van der Waals surface area contributed by atoms with Crippen LogP contribution in [0.15, 0.2) is 107 Å². The minimum absolute atomic E-state index is 0.0207. The topological polar surface area (TPSA) is 233 Å². The summed E-state index contributed by atoms with van der Waals surface area (Å²) in [6, 6.07) is 19.6. The van der Waals surface area contributed by atoms with E-state index in [1.54, 1.807) is 87.7 Å². The first-order chi connectivity index (χ1) is 38.6. The maximum atomic E-state index is 14.2. The number of allylic oxidation sites excluding steroid dienone is 2. The van der Waals surface area contributed by atoms with Crippen LogP contribution in [0, 0.1) is 17.8 Å². The van der Waals surface area contributed by atoms with Crippen molar-refractivity contribution in [2.24, 2.45) is 27.7 Å². The lowest BCUT2D eigenvalue weighted by Crippen LogP contribution is -2.53. The van der Waals surface area contributed by atoms with Gasteiger partial charge in [0, 0.05) is 91.8 Å². The second-order valence-electron chi connectivity index (χ2n) is 20.5. The van der Waals surface area contributed by atoms with Crippen LogP contribution in [0.3, 0.4) is 0 Å². The summed E-state index contributed by atoms with van der Waals surface area (Å²) in [6.07, 6.45) is 13.4. The van der Waals surface area contributed by atoms with Crippen LogP contribution < -0.4 is 39.6 Å². The third kappa shape index (κ3) is 12.5. The van der Waals surface area contributed by atoms with E-state index in [2.05, 4.69) is 16.0 Å². The first kappa shape index (κ1) is 55.9. The number of imide groups is 1. The third-order valence-electron chi connectivity index (χ3n) is 14.7. The Kier molecular flexibility index (Phi) is 17.4. The smallest absolute Gasteiger partial charge is 0.260 e. The van der Waals surface area contributed by atoms with Gasteiger partial charge in [-0.2, -0.15) is 0 Å². The van der Waals surface area contributed by atoms with Crippen LogP contribution in [-0.2, 0) is 24.0 Å². The molecule has 0 fully saturated rings. The van der Waals surface area contributed by atoms with Gasteiger partial charge in [-0.3, -0.25) is 48.4 Å². The number of anilines is 1. The van der Waals surface area contributed by atoms with E-state index < -0.39 is 23.9 Å². The molecule has 0 bridgehead atoms. The van der Waals surface area contributed by atoms with Crippen molar-refractivity contribution in [1.82, 2.24) is 20.4 Å². The number of benzene rings is 4. The van der Waals surface area contributed by atoms with Crippen LogP contribution in [-0.4, -0.2) is 123 Å². The van der Waals surface area contributed by atoms with Crippen molar-refractivity contribution >= 4 is 81.9 Å². The molecule has 19 heteroatoms. The minimum atomic E-state index is -0.948. The van der Waals surface area contributed by atoms with E-state index in [4.69, 9.17) is 33.7 Å². The molecule has 416 valence electrons. The van der Waals surface area contributed by atoms with Gasteiger partial charge in [0.2, 0.25) is 17.7 Å². The molecule has 3 N–H and O–H groups in total. The molecule has 4 aromatic rings. The van der Waals surface area contributed by atoms with Gasteiger partial charge in [0.25, 0.3) is 17.7 Å². The summed E-state index contributed by atoms with van der Waals surface area (Å²) < 4.78 is 29.0. The summed E-state index contributed by atoms with van der Waals surface area (Å²) in [5.41, 5.74) is 6.02. The van der Waals surface area contributed by atoms with Crippen LogP contribution in [0.25, 0.3) is 11.1 Å². The number of ketones is 1. The zero-order chi connectivity index (χ0) is 56.6. The van der Waals surface area contributed by atoms with Crippen LogP contribution >= 0.6 is 0 Å². The number of hydrogen-bond donors (Lipinski definition) is 3. The zero-order valence-electron chi connectivity index (χ0n) is 45.6. The fourth-order valence-electron chi connectivity index (χ4n) is 10.3. The Labute approximate surface area is 464 Å². The normalized spacial score (nSPS) is 18.5. The van der Waals surface area contributed by atoms with Crippen molar-refractivity contribution in [3.8, 4) is 28.7 Å². The third-order valence-corrected chi connectivity index (χ3v) is 14.7. The summed E-state index contributed by atoms with van der Waals surface area (Å²) in [6.45, 7) is 5.94. The zero-order valence-corrected chi connectivity index (χ0v) is 45.6. The van der Waals surface area contributed by atoms with E-state index in [1.165, 1.54) is 26.4 Å². The standard InChI is InChI=1S/C61H65N7O12/c1-35(2)57(66-54(69)14-8-7-9-21-67-55(70)19-20-56(67)71)60(74)64-36(3)59(73)65-42-13-10-12-38(25-42)41-26-43-33-63-49-31-53(51(78-6)29-47(49)61(75)68(43)34-41)80-23-11-22-79-52-30-48-46(28-50(52)77-5)58(72)45-27-39(24-40(45)32-62-48)37-15-17-44(76-4)18-16-37/h10,12-13,15-20,25,27-36,40,43,45,57H,7-9,11,14,21-24,26H2,1-6H3,(H,64,74)(H,65,73)(H,66,69)/t36-,40-,43-,45?,57-/m0/s1. The molecule has 5 atom stereocenters. The van der Waals surface area contributed by atoms with E-state index in [-0.39, 0.29) is 79.4 Å². The first-order valence-electron chi connectivity index (χ1n) is 26.9. The van der Waals surface area contributed by atoms with Crippen molar-refractivity contribution in [3.05, 3.63) is 119 Å². The number of nitrogens with one attached hydrogen (secondary N) is 3. The number of carbonyl (C=O) groups excluding carboxylic acids is 7. The molecule has 6 amide bonds. The number of unbranched alkanes of at least 4 members (excludes halogenated alkanes) is 2. The number of carbonyl (C=O) groups is 7. The fourth-order valence-corrected chi connectivity index (χ4v) is 10.3. The first-order valence-corrected chi connectivity index (χ1v) is 26.9. The molecule has 80 heavy (non-hydrogen) atoms. The Bertz CT molecular complexity index is 3230. The average Bonchev–Trinajstić information content (AvgIpc) is 4.18. The number of aliphatic imine (C=N–C) groups is 2. The summed E-state index contributed by atoms with van der Waals surface area (Å²) in [5.74, 6) is -0.542. The second-order valence-corrected chi connectivity index (χ2v) is 20.5. The molecule has 1 aliphatic carbocycles. The highest BCUT2D eigenvalue weighted by Gasteiger charge is 2.37. The predicted octanol–water partition coefficient (Wildman–Crippen LogP) is 8.22. The Morgan fingerprint density at radius 3 is 2.02 bits per heavy atom. The predicted molar refractivity (Wildman–Crippen MR) is 301 cm³/mol. The maximum absolute atomic E-state index is 14.2. The van der Waals surface area contributed by atoms with E-state index in [0.717, 1.165) is 32.9 Å². The number of fused-ring (bicyclic) bond motifs is 4. The summed E-state index contributed by atoms with van der Waals surface area (Å²) in [5, 5.41) is 8.39. The van der Waals surface area contributed by atoms with Crippen LogP contribution in [0.5, 0.6) is 28.7 Å². The molecule has 5 aliphatic rings. The molecular weight excluding hydrogens is 1020 g/mol. The molecule has 0 saturated heterocycles. The largest absolute Gasteiger partial charge is 0.497 e. The van der Waals surface area contributed by atoms with Crippen molar-refractivity contribution in [2.45, 2.75) is 83.8 Å². The second kappa shape index (κ2) is 24.9. The van der Waals surface area contributed by atoms with Gasteiger partial charge in [-0.1, -0.05) is 50.6 Å². The molecule has 4 aromatic carbocycles. The summed E-state index contributed by atoms with van der Waals surface area (Å²) in [4.78, 5) is 104. The van der Waals surface area contributed by atoms with Crippen LogP contribution in [0.2, 0.25) is 0 Å². The quantitative estimate of drug-likeness (QED) is 0.0471. The van der Waals surface area contributed by atoms with E-state index in [9.17, 15) is 33.6 Å². The molecule has 0 saturated carbocycles. The lowest BCUT2D eigenvalue weighted by molar-refractivity contribution is -0.137. The number of Topliss-reactive ketones (excluding diaryl/α,β-unsaturated/α-hetero) is 1. The summed E-state index contributed by atoms with van der Waals surface area (Å²) >= 11 is 0. The Hall–Kier alpha value is -8.87. The monoisotopic (exact) mass is 1090 g/mol. The summed E-state index contributed by atoms with van der Waals surface area (Å²) in [7, 11) is 4.67. The van der Waals surface area contributed by atoms with Crippen molar-refractivity contribution in [3.63, 3.8) is 0 Å². The van der Waals surface area contributed by atoms with Gasteiger partial charge in [-0.05, 0) is 90.8 Å². The molecule has 0 radical (unpaired) electrons. The number of ether oxygens (including phenoxy) is 5. The van der Waals surface area contributed by atoms with Crippen LogP contribution in [0.4, 0.5) is 17.1 Å². The van der Waals surface area contributed by atoms with Crippen LogP contribution in [0.1, 0.15) is 97.6 Å². The molecule has 4 heterocycles. The van der Waals surface area contributed by atoms with Crippen molar-refractivity contribution in [1.29, 1.82) is 0 Å². The fraction of sp³-hybridized carbons (Fsp3) is 0.361. The minimum Gasteiger partial charge on any atom is -0.497 e.